The van der Waals surface area contributed by atoms with Gasteiger partial charge in [0.1, 0.15) is 17.1 Å². The first-order valence-electron chi connectivity index (χ1n) is 10.6. The molecule has 32 heavy (non-hydrogen) atoms. The fraction of sp³-hybridized carbons (Fsp3) is 0.429. The molecule has 3 aromatic heterocycles. The van der Waals surface area contributed by atoms with Crippen LogP contribution in [-0.2, 0) is 4.74 Å². The third kappa shape index (κ3) is 4.42. The number of nitrogens with zero attached hydrogens (tertiary/aromatic N) is 6. The topological polar surface area (TPSA) is 111 Å². The molecule has 0 amide bonds. The van der Waals surface area contributed by atoms with E-state index in [2.05, 4.69) is 15.1 Å². The number of nitrogens with two attached hydrogens (primary N) is 1. The Morgan fingerprint density at radius 1 is 1.31 bits per heavy atom. The number of halogens is 1. The second-order valence-corrected chi connectivity index (χ2v) is 7.52. The highest BCUT2D eigenvalue weighted by atomic mass is 19.1. The summed E-state index contributed by atoms with van der Waals surface area (Å²) in [5.41, 5.74) is 6.98. The van der Waals surface area contributed by atoms with E-state index < -0.39 is 11.8 Å². The zero-order valence-corrected chi connectivity index (χ0v) is 18.1. The Labute approximate surface area is 184 Å². The molecule has 1 saturated heterocycles. The van der Waals surface area contributed by atoms with E-state index in [9.17, 15) is 9.18 Å². The predicted octanol–water partition coefficient (Wildman–Crippen LogP) is 2.19. The van der Waals surface area contributed by atoms with E-state index in [1.54, 1.807) is 19.2 Å². The third-order valence-corrected chi connectivity index (χ3v) is 5.03. The van der Waals surface area contributed by atoms with Crippen LogP contribution in [0.25, 0.3) is 5.65 Å². The third-order valence-electron chi connectivity index (χ3n) is 5.03. The van der Waals surface area contributed by atoms with Crippen LogP contribution < -0.4 is 20.5 Å². The molecule has 0 unspecified atom stereocenters. The van der Waals surface area contributed by atoms with Crippen molar-refractivity contribution in [3.8, 4) is 5.88 Å². The van der Waals surface area contributed by atoms with Crippen molar-refractivity contribution < 1.29 is 18.7 Å². The van der Waals surface area contributed by atoms with Crippen molar-refractivity contribution in [2.45, 2.75) is 32.7 Å². The number of ether oxygens (including phenoxy) is 2. The van der Waals surface area contributed by atoms with E-state index in [4.69, 9.17) is 15.2 Å². The summed E-state index contributed by atoms with van der Waals surface area (Å²) in [5, 5.41) is 7.97. The summed E-state index contributed by atoms with van der Waals surface area (Å²) in [7, 11) is 0. The van der Waals surface area contributed by atoms with Gasteiger partial charge in [0.05, 0.1) is 25.6 Å². The Balaban J connectivity index is 1.66. The van der Waals surface area contributed by atoms with Crippen LogP contribution in [-0.4, -0.2) is 57.9 Å². The molecule has 0 radical (unpaired) electrons. The smallest absolute Gasteiger partial charge is 0.343 e. The van der Waals surface area contributed by atoms with Gasteiger partial charge < -0.3 is 15.2 Å². The van der Waals surface area contributed by atoms with Gasteiger partial charge in [-0.05, 0) is 26.7 Å². The standard InChI is InChI=1S/C21H26FN7O3/c1-3-31-21(30)16-13-25-27-9-5-18(26-19(16)27)29-8-4-7-28(29)17-11-15(22)12-24-20(17)32-10-6-14(2)23/h5,9,11-14H,3-4,6-8,10,23H2,1-2H3/t14-/m1/s1. The number of hydrazine groups is 1. The molecule has 0 bridgehead atoms. The molecule has 0 saturated carbocycles. The highest BCUT2D eigenvalue weighted by Gasteiger charge is 2.28. The number of carbonyl (C=O) groups is 1. The van der Waals surface area contributed by atoms with Gasteiger partial charge in [0, 0.05) is 37.5 Å². The van der Waals surface area contributed by atoms with Gasteiger partial charge in [-0.2, -0.15) is 5.10 Å². The first-order chi connectivity index (χ1) is 15.5. The molecule has 1 aliphatic rings. The Morgan fingerprint density at radius 3 is 2.91 bits per heavy atom. The maximum Gasteiger partial charge on any atom is 0.343 e. The minimum absolute atomic E-state index is 0.0117. The van der Waals surface area contributed by atoms with Crippen molar-refractivity contribution in [2.24, 2.45) is 5.73 Å². The van der Waals surface area contributed by atoms with Crippen LogP contribution in [0.15, 0.2) is 30.7 Å². The molecule has 11 heteroatoms. The first kappa shape index (κ1) is 21.8. The van der Waals surface area contributed by atoms with Crippen molar-refractivity contribution in [1.29, 1.82) is 0 Å². The molecule has 170 valence electrons. The molecule has 4 heterocycles. The summed E-state index contributed by atoms with van der Waals surface area (Å²) in [6.07, 6.45) is 5.77. The lowest BCUT2D eigenvalue weighted by molar-refractivity contribution is 0.0528. The largest absolute Gasteiger partial charge is 0.476 e. The van der Waals surface area contributed by atoms with Gasteiger partial charge in [-0.1, -0.05) is 0 Å². The van der Waals surface area contributed by atoms with Crippen LogP contribution in [0, 0.1) is 5.82 Å². The monoisotopic (exact) mass is 443 g/mol. The molecular weight excluding hydrogens is 417 g/mol. The van der Waals surface area contributed by atoms with E-state index in [1.165, 1.54) is 16.8 Å². The number of anilines is 2. The summed E-state index contributed by atoms with van der Waals surface area (Å²) in [5.74, 6) is -0.0248. The number of esters is 1. The van der Waals surface area contributed by atoms with Crippen molar-refractivity contribution in [3.63, 3.8) is 0 Å². The molecule has 0 spiro atoms. The van der Waals surface area contributed by atoms with Gasteiger partial charge in [0.25, 0.3) is 0 Å². The van der Waals surface area contributed by atoms with Gasteiger partial charge in [0.15, 0.2) is 11.5 Å². The van der Waals surface area contributed by atoms with Gasteiger partial charge in [-0.3, -0.25) is 10.0 Å². The fourth-order valence-corrected chi connectivity index (χ4v) is 3.51. The van der Waals surface area contributed by atoms with Gasteiger partial charge in [-0.25, -0.2) is 23.7 Å². The minimum atomic E-state index is -0.482. The highest BCUT2D eigenvalue weighted by molar-refractivity contribution is 5.95. The minimum Gasteiger partial charge on any atom is -0.476 e. The number of carbonyl (C=O) groups excluding carboxylic acids is 1. The average molecular weight is 443 g/mol. The van der Waals surface area contributed by atoms with Gasteiger partial charge in [-0.15, -0.1) is 0 Å². The second kappa shape index (κ2) is 9.35. The van der Waals surface area contributed by atoms with Gasteiger partial charge >= 0.3 is 5.97 Å². The van der Waals surface area contributed by atoms with E-state index in [0.29, 0.717) is 49.1 Å². The molecule has 0 aliphatic carbocycles. The lowest BCUT2D eigenvalue weighted by atomic mass is 10.3. The van der Waals surface area contributed by atoms with Crippen LogP contribution >= 0.6 is 0 Å². The van der Waals surface area contributed by atoms with Crippen LogP contribution in [0.4, 0.5) is 15.9 Å². The zero-order valence-electron chi connectivity index (χ0n) is 18.1. The summed E-state index contributed by atoms with van der Waals surface area (Å²) in [4.78, 5) is 21.0. The molecule has 0 aromatic carbocycles. The van der Waals surface area contributed by atoms with Crippen molar-refractivity contribution >= 4 is 23.1 Å². The predicted molar refractivity (Wildman–Crippen MR) is 116 cm³/mol. The number of rotatable bonds is 8. The zero-order chi connectivity index (χ0) is 22.7. The van der Waals surface area contributed by atoms with Gasteiger partial charge in [0.2, 0.25) is 5.88 Å². The number of hydrogen-bond acceptors (Lipinski definition) is 9. The highest BCUT2D eigenvalue weighted by Crippen LogP contribution is 2.33. The second-order valence-electron chi connectivity index (χ2n) is 7.52. The molecular formula is C21H26FN7O3. The molecule has 1 fully saturated rings. The van der Waals surface area contributed by atoms with Crippen molar-refractivity contribution in [2.75, 3.05) is 36.3 Å². The Kier molecular flexibility index (Phi) is 6.35. The Bertz CT molecular complexity index is 1100. The Morgan fingerprint density at radius 2 is 2.12 bits per heavy atom. The average Bonchev–Trinajstić information content (AvgIpc) is 3.41. The number of fused-ring (bicyclic) bond motifs is 1. The molecule has 10 nitrogen and oxygen atoms in total. The molecule has 1 atom stereocenters. The van der Waals surface area contributed by atoms with Crippen LogP contribution in [0.5, 0.6) is 5.88 Å². The molecule has 2 N–H and O–H groups in total. The number of hydrogen-bond donors (Lipinski definition) is 1. The SMILES string of the molecule is CCOC(=O)c1cnn2ccc(N3CCCN3c3cc(F)cnc3OCC[C@@H](C)N)nc12. The maximum absolute atomic E-state index is 14.1. The lowest BCUT2D eigenvalue weighted by Gasteiger charge is -2.31. The van der Waals surface area contributed by atoms with E-state index >= 15 is 0 Å². The van der Waals surface area contributed by atoms with Crippen LogP contribution in [0.3, 0.4) is 0 Å². The number of aromatic nitrogens is 4. The van der Waals surface area contributed by atoms with Crippen LogP contribution in [0.1, 0.15) is 37.0 Å². The van der Waals surface area contributed by atoms with Crippen LogP contribution in [0.2, 0.25) is 0 Å². The lowest BCUT2D eigenvalue weighted by Crippen LogP contribution is -2.38. The molecule has 3 aromatic rings. The summed E-state index contributed by atoms with van der Waals surface area (Å²) in [6.45, 7) is 5.56. The summed E-state index contributed by atoms with van der Waals surface area (Å²) in [6, 6.07) is 3.17. The van der Waals surface area contributed by atoms with Crippen molar-refractivity contribution in [3.05, 3.63) is 42.1 Å². The fourth-order valence-electron chi connectivity index (χ4n) is 3.51. The van der Waals surface area contributed by atoms with E-state index in [-0.39, 0.29) is 18.2 Å². The van der Waals surface area contributed by atoms with E-state index in [0.717, 1.165) is 12.6 Å². The molecule has 1 aliphatic heterocycles. The van der Waals surface area contributed by atoms with E-state index in [1.807, 2.05) is 16.9 Å². The van der Waals surface area contributed by atoms with Crippen molar-refractivity contribution in [1.82, 2.24) is 19.6 Å². The normalized spacial score (nSPS) is 14.8. The summed E-state index contributed by atoms with van der Waals surface area (Å²) < 4.78 is 26.5. The maximum atomic E-state index is 14.1. The summed E-state index contributed by atoms with van der Waals surface area (Å²) >= 11 is 0. The molecule has 4 rings (SSSR count). The first-order valence-corrected chi connectivity index (χ1v) is 10.6. The Hall–Kier alpha value is -3.47. The quantitative estimate of drug-likeness (QED) is 0.524. The number of pyridine rings is 1.